The number of allylic oxidation sites excluding steroid dienone is 1. The first-order valence-electron chi connectivity index (χ1n) is 6.67. The first-order valence-corrected chi connectivity index (χ1v) is 6.67. The van der Waals surface area contributed by atoms with Gasteiger partial charge in [-0.2, -0.15) is 0 Å². The maximum Gasteiger partial charge on any atom is 0.269 e. The summed E-state index contributed by atoms with van der Waals surface area (Å²) in [6.07, 6.45) is 4.45. The van der Waals surface area contributed by atoms with Crippen LogP contribution >= 0.6 is 0 Å². The van der Waals surface area contributed by atoms with Crippen molar-refractivity contribution in [3.63, 3.8) is 0 Å². The standard InChI is InChI=1S/C17H17NO3/c1-12-10-13(2)16(17(19)11-12)5-3-4-14-6-8-15(9-7-14)18(20)21/h3-4,6-11,19H,5H2,1-2H3/b4-3+. The van der Waals surface area contributed by atoms with Gasteiger partial charge in [0.25, 0.3) is 5.69 Å². The molecule has 108 valence electrons. The highest BCUT2D eigenvalue weighted by atomic mass is 16.6. The van der Waals surface area contributed by atoms with Gasteiger partial charge >= 0.3 is 0 Å². The van der Waals surface area contributed by atoms with Crippen LogP contribution in [0.5, 0.6) is 5.75 Å². The van der Waals surface area contributed by atoms with Crippen LogP contribution in [0.3, 0.4) is 0 Å². The molecule has 2 aromatic carbocycles. The molecule has 0 aromatic heterocycles. The molecular weight excluding hydrogens is 266 g/mol. The molecule has 0 aliphatic carbocycles. The smallest absolute Gasteiger partial charge is 0.269 e. The molecule has 0 spiro atoms. The summed E-state index contributed by atoms with van der Waals surface area (Å²) in [6.45, 7) is 3.92. The number of hydrogen-bond acceptors (Lipinski definition) is 3. The lowest BCUT2D eigenvalue weighted by Gasteiger charge is -2.07. The topological polar surface area (TPSA) is 63.4 Å². The highest BCUT2D eigenvalue weighted by molar-refractivity contribution is 5.53. The molecule has 2 aromatic rings. The number of nitro groups is 1. The predicted octanol–water partition coefficient (Wildman–Crippen LogP) is 4.17. The van der Waals surface area contributed by atoms with E-state index in [0.717, 1.165) is 22.3 Å². The number of aryl methyl sites for hydroxylation is 2. The summed E-state index contributed by atoms with van der Waals surface area (Å²) in [4.78, 5) is 10.2. The number of rotatable bonds is 4. The fourth-order valence-corrected chi connectivity index (χ4v) is 2.26. The zero-order valence-electron chi connectivity index (χ0n) is 12.0. The normalized spacial score (nSPS) is 11.0. The van der Waals surface area contributed by atoms with E-state index in [1.165, 1.54) is 12.1 Å². The fraction of sp³-hybridized carbons (Fsp3) is 0.176. The Morgan fingerprint density at radius 2 is 1.86 bits per heavy atom. The van der Waals surface area contributed by atoms with Crippen molar-refractivity contribution in [2.45, 2.75) is 20.3 Å². The van der Waals surface area contributed by atoms with Gasteiger partial charge in [-0.15, -0.1) is 0 Å². The minimum Gasteiger partial charge on any atom is -0.508 e. The average Bonchev–Trinajstić information content (AvgIpc) is 2.42. The van der Waals surface area contributed by atoms with Crippen molar-refractivity contribution in [2.24, 2.45) is 0 Å². The van der Waals surface area contributed by atoms with Crippen LogP contribution in [0.25, 0.3) is 6.08 Å². The van der Waals surface area contributed by atoms with Gasteiger partial charge in [0.15, 0.2) is 0 Å². The summed E-state index contributed by atoms with van der Waals surface area (Å²) in [5.41, 5.74) is 3.97. The van der Waals surface area contributed by atoms with Gasteiger partial charge in [0, 0.05) is 17.7 Å². The Morgan fingerprint density at radius 1 is 1.19 bits per heavy atom. The van der Waals surface area contributed by atoms with E-state index in [2.05, 4.69) is 0 Å². The van der Waals surface area contributed by atoms with Crippen LogP contribution in [0.1, 0.15) is 22.3 Å². The maximum absolute atomic E-state index is 10.6. The van der Waals surface area contributed by atoms with Gasteiger partial charge in [0.1, 0.15) is 5.75 Å². The van der Waals surface area contributed by atoms with Crippen LogP contribution in [0.15, 0.2) is 42.5 Å². The van der Waals surface area contributed by atoms with Crippen LogP contribution in [-0.2, 0) is 6.42 Å². The number of benzene rings is 2. The summed E-state index contributed by atoms with van der Waals surface area (Å²) in [7, 11) is 0. The molecule has 0 amide bonds. The monoisotopic (exact) mass is 283 g/mol. The minimum atomic E-state index is -0.415. The van der Waals surface area contributed by atoms with E-state index in [0.29, 0.717) is 12.2 Å². The van der Waals surface area contributed by atoms with Crippen LogP contribution < -0.4 is 0 Å². The van der Waals surface area contributed by atoms with Crippen molar-refractivity contribution in [2.75, 3.05) is 0 Å². The Bertz CT molecular complexity index is 665. The highest BCUT2D eigenvalue weighted by Crippen LogP contribution is 2.24. The molecule has 0 atom stereocenters. The molecule has 0 aliphatic heterocycles. The van der Waals surface area contributed by atoms with Crippen LogP contribution in [0, 0.1) is 24.0 Å². The number of phenols is 1. The SMILES string of the molecule is Cc1cc(C)c(C/C=C/c2ccc([N+](=O)[O-])cc2)c(O)c1. The largest absolute Gasteiger partial charge is 0.508 e. The predicted molar refractivity (Wildman–Crippen MR) is 83.4 cm³/mol. The summed E-state index contributed by atoms with van der Waals surface area (Å²) >= 11 is 0. The zero-order valence-corrected chi connectivity index (χ0v) is 12.0. The van der Waals surface area contributed by atoms with Gasteiger partial charge in [-0.1, -0.05) is 18.2 Å². The Labute approximate surface area is 123 Å². The lowest BCUT2D eigenvalue weighted by Crippen LogP contribution is -1.90. The van der Waals surface area contributed by atoms with Gasteiger partial charge in [0.05, 0.1) is 4.92 Å². The third-order valence-corrected chi connectivity index (χ3v) is 3.33. The Balaban J connectivity index is 2.11. The second-order valence-electron chi connectivity index (χ2n) is 5.03. The first kappa shape index (κ1) is 14.8. The van der Waals surface area contributed by atoms with Gasteiger partial charge in [-0.3, -0.25) is 10.1 Å². The average molecular weight is 283 g/mol. The summed E-state index contributed by atoms with van der Waals surface area (Å²) in [5, 5.41) is 20.5. The molecule has 0 fully saturated rings. The quantitative estimate of drug-likeness (QED) is 0.676. The van der Waals surface area contributed by atoms with E-state index in [-0.39, 0.29) is 5.69 Å². The molecule has 4 nitrogen and oxygen atoms in total. The zero-order chi connectivity index (χ0) is 15.4. The molecule has 0 heterocycles. The molecule has 0 unspecified atom stereocenters. The fourth-order valence-electron chi connectivity index (χ4n) is 2.26. The second-order valence-corrected chi connectivity index (χ2v) is 5.03. The molecule has 0 saturated heterocycles. The van der Waals surface area contributed by atoms with Crippen LogP contribution in [-0.4, -0.2) is 10.0 Å². The molecule has 2 rings (SSSR count). The van der Waals surface area contributed by atoms with Gasteiger partial charge in [-0.25, -0.2) is 0 Å². The maximum atomic E-state index is 10.6. The number of aromatic hydroxyl groups is 1. The van der Waals surface area contributed by atoms with Crippen molar-refractivity contribution in [1.29, 1.82) is 0 Å². The number of nitrogens with zero attached hydrogens (tertiary/aromatic N) is 1. The number of hydrogen-bond donors (Lipinski definition) is 1. The third-order valence-electron chi connectivity index (χ3n) is 3.33. The van der Waals surface area contributed by atoms with Crippen molar-refractivity contribution in [1.82, 2.24) is 0 Å². The number of nitro benzene ring substituents is 1. The van der Waals surface area contributed by atoms with E-state index >= 15 is 0 Å². The van der Waals surface area contributed by atoms with E-state index in [4.69, 9.17) is 0 Å². The van der Waals surface area contributed by atoms with E-state index in [1.807, 2.05) is 32.1 Å². The molecule has 4 heteroatoms. The third kappa shape index (κ3) is 3.69. The van der Waals surface area contributed by atoms with E-state index in [1.54, 1.807) is 18.2 Å². The van der Waals surface area contributed by atoms with E-state index in [9.17, 15) is 15.2 Å². The number of non-ortho nitro benzene ring substituents is 1. The summed E-state index contributed by atoms with van der Waals surface area (Å²) in [5.74, 6) is 0.306. The van der Waals surface area contributed by atoms with Crippen LogP contribution in [0.2, 0.25) is 0 Å². The Hall–Kier alpha value is -2.62. The molecule has 0 saturated carbocycles. The van der Waals surface area contributed by atoms with Crippen molar-refractivity contribution >= 4 is 11.8 Å². The lowest BCUT2D eigenvalue weighted by molar-refractivity contribution is -0.384. The Morgan fingerprint density at radius 3 is 2.43 bits per heavy atom. The minimum absolute atomic E-state index is 0.0826. The first-order chi connectivity index (χ1) is 9.97. The van der Waals surface area contributed by atoms with Crippen molar-refractivity contribution in [3.8, 4) is 5.75 Å². The second kappa shape index (κ2) is 6.22. The van der Waals surface area contributed by atoms with Crippen molar-refractivity contribution < 1.29 is 10.0 Å². The van der Waals surface area contributed by atoms with Crippen LogP contribution in [0.4, 0.5) is 5.69 Å². The molecular formula is C17H17NO3. The molecule has 21 heavy (non-hydrogen) atoms. The Kier molecular flexibility index (Phi) is 4.38. The van der Waals surface area contributed by atoms with Gasteiger partial charge < -0.3 is 5.11 Å². The van der Waals surface area contributed by atoms with Gasteiger partial charge in [0.2, 0.25) is 0 Å². The molecule has 0 radical (unpaired) electrons. The molecule has 0 bridgehead atoms. The summed E-state index contributed by atoms with van der Waals surface area (Å²) < 4.78 is 0. The van der Waals surface area contributed by atoms with Crippen molar-refractivity contribution in [3.05, 3.63) is 74.8 Å². The highest BCUT2D eigenvalue weighted by Gasteiger charge is 2.05. The number of phenolic OH excluding ortho intramolecular Hbond substituents is 1. The van der Waals surface area contributed by atoms with E-state index < -0.39 is 4.92 Å². The summed E-state index contributed by atoms with van der Waals surface area (Å²) in [6, 6.07) is 10.2. The molecule has 0 aliphatic rings. The van der Waals surface area contributed by atoms with Gasteiger partial charge in [-0.05, 0) is 55.2 Å². The lowest BCUT2D eigenvalue weighted by atomic mass is 10.0. The molecule has 1 N–H and O–H groups in total.